The SMILES string of the molecule is CC1=NCN(N)C(N)=N1. The molecule has 0 aromatic carbocycles. The van der Waals surface area contributed by atoms with Crippen LogP contribution in [0.4, 0.5) is 0 Å². The molecule has 1 aliphatic rings. The van der Waals surface area contributed by atoms with Crippen molar-refractivity contribution in [2.75, 3.05) is 6.67 Å². The van der Waals surface area contributed by atoms with Crippen molar-refractivity contribution >= 4 is 11.8 Å². The Morgan fingerprint density at radius 1 is 1.67 bits per heavy atom. The van der Waals surface area contributed by atoms with Crippen LogP contribution in [0.1, 0.15) is 6.92 Å². The lowest BCUT2D eigenvalue weighted by Crippen LogP contribution is -2.45. The summed E-state index contributed by atoms with van der Waals surface area (Å²) >= 11 is 0. The molecule has 1 rings (SSSR count). The molecule has 0 saturated heterocycles. The summed E-state index contributed by atoms with van der Waals surface area (Å²) in [6.07, 6.45) is 0. The molecule has 0 atom stereocenters. The van der Waals surface area contributed by atoms with E-state index in [1.165, 1.54) is 5.01 Å². The smallest absolute Gasteiger partial charge is 0.213 e. The van der Waals surface area contributed by atoms with Gasteiger partial charge >= 0.3 is 0 Å². The molecule has 0 aromatic heterocycles. The van der Waals surface area contributed by atoms with Crippen molar-refractivity contribution in [2.45, 2.75) is 6.92 Å². The lowest BCUT2D eigenvalue weighted by Gasteiger charge is -2.17. The minimum absolute atomic E-state index is 0.322. The van der Waals surface area contributed by atoms with E-state index in [9.17, 15) is 0 Å². The summed E-state index contributed by atoms with van der Waals surface area (Å²) in [4.78, 5) is 7.72. The molecule has 1 heterocycles. The summed E-state index contributed by atoms with van der Waals surface area (Å²) in [6.45, 7) is 2.18. The number of guanidine groups is 1. The summed E-state index contributed by atoms with van der Waals surface area (Å²) in [7, 11) is 0. The summed E-state index contributed by atoms with van der Waals surface area (Å²) < 4.78 is 0. The molecule has 5 heteroatoms. The zero-order chi connectivity index (χ0) is 6.85. The van der Waals surface area contributed by atoms with Gasteiger partial charge in [0.2, 0.25) is 5.96 Å². The lowest BCUT2D eigenvalue weighted by molar-refractivity contribution is 0.444. The van der Waals surface area contributed by atoms with Gasteiger partial charge in [0.15, 0.2) is 0 Å². The van der Waals surface area contributed by atoms with E-state index >= 15 is 0 Å². The lowest BCUT2D eigenvalue weighted by atomic mass is 10.6. The van der Waals surface area contributed by atoms with Crippen molar-refractivity contribution < 1.29 is 0 Å². The summed E-state index contributed by atoms with van der Waals surface area (Å²) in [5, 5.41) is 1.28. The molecule has 50 valence electrons. The molecule has 0 radical (unpaired) electrons. The minimum Gasteiger partial charge on any atom is -0.368 e. The van der Waals surface area contributed by atoms with Crippen LogP contribution in [-0.2, 0) is 0 Å². The van der Waals surface area contributed by atoms with Gasteiger partial charge in [-0.15, -0.1) is 0 Å². The van der Waals surface area contributed by atoms with Crippen LogP contribution >= 0.6 is 0 Å². The molecular formula is C4H9N5. The molecule has 0 bridgehead atoms. The molecule has 0 saturated carbocycles. The third kappa shape index (κ3) is 1.17. The van der Waals surface area contributed by atoms with Crippen LogP contribution in [-0.4, -0.2) is 23.5 Å². The Labute approximate surface area is 53.0 Å². The molecule has 0 fully saturated rings. The predicted octanol–water partition coefficient (Wildman–Crippen LogP) is -1.13. The Hall–Kier alpha value is -1.10. The first-order valence-electron chi connectivity index (χ1n) is 2.57. The van der Waals surface area contributed by atoms with Crippen LogP contribution < -0.4 is 11.6 Å². The van der Waals surface area contributed by atoms with Gasteiger partial charge in [-0.1, -0.05) is 0 Å². The van der Waals surface area contributed by atoms with Gasteiger partial charge in [0, 0.05) is 0 Å². The second-order valence-electron chi connectivity index (χ2n) is 1.79. The Morgan fingerprint density at radius 3 is 2.78 bits per heavy atom. The van der Waals surface area contributed by atoms with Crippen LogP contribution in [0, 0.1) is 0 Å². The second-order valence-corrected chi connectivity index (χ2v) is 1.79. The molecule has 1 aliphatic heterocycles. The van der Waals surface area contributed by atoms with Crippen LogP contribution in [0.15, 0.2) is 9.98 Å². The maximum atomic E-state index is 5.34. The van der Waals surface area contributed by atoms with E-state index in [1.807, 2.05) is 0 Å². The maximum absolute atomic E-state index is 5.34. The average Bonchev–Trinajstić information content (AvgIpc) is 1.80. The highest BCUT2D eigenvalue weighted by molar-refractivity contribution is 5.95. The van der Waals surface area contributed by atoms with Gasteiger partial charge in [0.05, 0.1) is 0 Å². The average molecular weight is 127 g/mol. The third-order valence-corrected chi connectivity index (χ3v) is 1.02. The van der Waals surface area contributed by atoms with Crippen LogP contribution in [0.25, 0.3) is 0 Å². The van der Waals surface area contributed by atoms with Crippen LogP contribution in [0.3, 0.4) is 0 Å². The fraction of sp³-hybridized carbons (Fsp3) is 0.500. The fourth-order valence-electron chi connectivity index (χ4n) is 0.516. The monoisotopic (exact) mass is 127 g/mol. The topological polar surface area (TPSA) is 80.0 Å². The Balaban J connectivity index is 2.74. The summed E-state index contributed by atoms with van der Waals surface area (Å²) in [5.41, 5.74) is 5.34. The largest absolute Gasteiger partial charge is 0.368 e. The van der Waals surface area contributed by atoms with E-state index in [2.05, 4.69) is 9.98 Å². The first-order valence-corrected chi connectivity index (χ1v) is 2.57. The standard InChI is InChI=1S/C4H9N5/c1-3-7-2-9(6)4(5)8-3/h2,6H2,1H3,(H2,5,7,8). The van der Waals surface area contributed by atoms with Gasteiger partial charge in [-0.3, -0.25) is 5.01 Å². The molecule has 0 spiro atoms. The van der Waals surface area contributed by atoms with Gasteiger partial charge in [-0.2, -0.15) is 4.99 Å². The van der Waals surface area contributed by atoms with E-state index in [4.69, 9.17) is 11.6 Å². The summed E-state index contributed by atoms with van der Waals surface area (Å²) in [5.74, 6) is 6.31. The Morgan fingerprint density at radius 2 is 2.33 bits per heavy atom. The zero-order valence-electron chi connectivity index (χ0n) is 5.20. The number of amidine groups is 1. The molecule has 4 N–H and O–H groups in total. The van der Waals surface area contributed by atoms with Crippen molar-refractivity contribution in [3.63, 3.8) is 0 Å². The zero-order valence-corrected chi connectivity index (χ0v) is 5.20. The predicted molar refractivity (Wildman–Crippen MR) is 35.6 cm³/mol. The number of hydrazine groups is 1. The highest BCUT2D eigenvalue weighted by atomic mass is 15.5. The van der Waals surface area contributed by atoms with E-state index < -0.39 is 0 Å². The fourth-order valence-corrected chi connectivity index (χ4v) is 0.516. The Bertz CT molecular complexity index is 170. The van der Waals surface area contributed by atoms with Crippen LogP contribution in [0.5, 0.6) is 0 Å². The quantitative estimate of drug-likeness (QED) is 0.404. The third-order valence-electron chi connectivity index (χ3n) is 1.02. The molecule has 0 amide bonds. The number of nitrogens with two attached hydrogens (primary N) is 2. The van der Waals surface area contributed by atoms with Gasteiger partial charge < -0.3 is 5.73 Å². The number of hydrogen-bond donors (Lipinski definition) is 2. The number of rotatable bonds is 0. The number of hydrogen-bond acceptors (Lipinski definition) is 5. The first-order chi connectivity index (χ1) is 4.20. The summed E-state index contributed by atoms with van der Waals surface area (Å²) in [6, 6.07) is 0. The van der Waals surface area contributed by atoms with E-state index in [0.717, 1.165) is 0 Å². The Kier molecular flexibility index (Phi) is 1.35. The highest BCUT2D eigenvalue weighted by Gasteiger charge is 2.05. The van der Waals surface area contributed by atoms with Crippen molar-refractivity contribution in [1.29, 1.82) is 0 Å². The molecule has 9 heavy (non-hydrogen) atoms. The van der Waals surface area contributed by atoms with Gasteiger partial charge in [0.1, 0.15) is 12.5 Å². The molecule has 0 unspecified atom stereocenters. The van der Waals surface area contributed by atoms with Gasteiger partial charge in [0.25, 0.3) is 0 Å². The van der Waals surface area contributed by atoms with E-state index in [0.29, 0.717) is 18.5 Å². The molecular weight excluding hydrogens is 118 g/mol. The molecule has 5 nitrogen and oxygen atoms in total. The highest BCUT2D eigenvalue weighted by Crippen LogP contribution is 1.90. The van der Waals surface area contributed by atoms with Crippen molar-refractivity contribution in [2.24, 2.45) is 21.6 Å². The van der Waals surface area contributed by atoms with Gasteiger partial charge in [-0.05, 0) is 6.92 Å². The molecule has 0 aromatic rings. The van der Waals surface area contributed by atoms with Crippen molar-refractivity contribution in [3.8, 4) is 0 Å². The normalized spacial score (nSPS) is 19.1. The number of nitrogens with zero attached hydrogens (tertiary/aromatic N) is 3. The second kappa shape index (κ2) is 2.02. The van der Waals surface area contributed by atoms with Crippen molar-refractivity contribution in [3.05, 3.63) is 0 Å². The van der Waals surface area contributed by atoms with Crippen LogP contribution in [0.2, 0.25) is 0 Å². The molecule has 0 aliphatic carbocycles. The maximum Gasteiger partial charge on any atom is 0.213 e. The van der Waals surface area contributed by atoms with E-state index in [1.54, 1.807) is 6.92 Å². The van der Waals surface area contributed by atoms with Gasteiger partial charge in [-0.25, -0.2) is 10.8 Å². The van der Waals surface area contributed by atoms with E-state index in [-0.39, 0.29) is 0 Å². The van der Waals surface area contributed by atoms with Crippen molar-refractivity contribution in [1.82, 2.24) is 5.01 Å². The first kappa shape index (κ1) is 6.03. The number of aliphatic imine (C=N–C) groups is 2. The minimum atomic E-state index is 0.322.